The van der Waals surface area contributed by atoms with Crippen molar-refractivity contribution in [3.05, 3.63) is 23.0 Å². The molecule has 10 heteroatoms. The molecule has 0 aromatic carbocycles. The Labute approximate surface area is 162 Å². The van der Waals surface area contributed by atoms with Gasteiger partial charge in [0.25, 0.3) is 5.71 Å². The number of amides is 1. The molecule has 0 unspecified atom stereocenters. The number of alkyl halides is 3. The standard InChI is InChI=1S/C18H26F3N3O4/c1-7-27-15(25)14(23-10(2)3)11-8-24(16(26)28-17(4,5)6)9-12(13(11)22)18(19,20)21/h9-10H,7-8,22H2,1-6H3/p+1. The second-order valence-corrected chi connectivity index (χ2v) is 7.44. The molecular formula is C18H27F3N3O4+. The predicted molar refractivity (Wildman–Crippen MR) is 96.0 cm³/mol. The van der Waals surface area contributed by atoms with Crippen molar-refractivity contribution in [3.8, 4) is 0 Å². The van der Waals surface area contributed by atoms with Gasteiger partial charge < -0.3 is 15.2 Å². The zero-order valence-corrected chi connectivity index (χ0v) is 16.9. The highest BCUT2D eigenvalue weighted by atomic mass is 19.4. The largest absolute Gasteiger partial charge is 0.458 e. The number of nitrogens with two attached hydrogens (primary N) is 1. The quantitative estimate of drug-likeness (QED) is 0.543. The number of hydrogen-bond donors (Lipinski definition) is 2. The van der Waals surface area contributed by atoms with Crippen LogP contribution in [0.15, 0.2) is 23.0 Å². The van der Waals surface area contributed by atoms with Gasteiger partial charge in [0.2, 0.25) is 0 Å². The third kappa shape index (κ3) is 6.28. The number of allylic oxidation sites excluding steroid dienone is 1. The van der Waals surface area contributed by atoms with Crippen LogP contribution in [0.1, 0.15) is 41.5 Å². The normalized spacial score (nSPS) is 16.3. The first-order chi connectivity index (χ1) is 12.7. The summed E-state index contributed by atoms with van der Waals surface area (Å²) < 4.78 is 50.6. The van der Waals surface area contributed by atoms with E-state index in [4.69, 9.17) is 15.2 Å². The summed E-state index contributed by atoms with van der Waals surface area (Å²) in [5, 5.41) is 0. The van der Waals surface area contributed by atoms with Crippen LogP contribution in [0.3, 0.4) is 0 Å². The van der Waals surface area contributed by atoms with Crippen molar-refractivity contribution >= 4 is 17.8 Å². The SMILES string of the molecule is CCOC(=O)C(=[NH+]C(C)C)C1=C(N)C(C(F)(F)F)=CN(C(=O)OC(C)(C)C)C1. The van der Waals surface area contributed by atoms with E-state index in [0.29, 0.717) is 6.20 Å². The Kier molecular flexibility index (Phi) is 7.27. The van der Waals surface area contributed by atoms with Crippen molar-refractivity contribution in [2.24, 2.45) is 5.73 Å². The lowest BCUT2D eigenvalue weighted by molar-refractivity contribution is -0.492. The third-order valence-electron chi connectivity index (χ3n) is 3.38. The first kappa shape index (κ1) is 23.5. The molecule has 158 valence electrons. The summed E-state index contributed by atoms with van der Waals surface area (Å²) >= 11 is 0. The van der Waals surface area contributed by atoms with Gasteiger partial charge >= 0.3 is 18.2 Å². The smallest absolute Gasteiger partial charge is 0.419 e. The Morgan fingerprint density at radius 2 is 1.86 bits per heavy atom. The van der Waals surface area contributed by atoms with Gasteiger partial charge in [-0.15, -0.1) is 0 Å². The van der Waals surface area contributed by atoms with E-state index >= 15 is 0 Å². The molecule has 1 amide bonds. The van der Waals surface area contributed by atoms with Crippen molar-refractivity contribution in [2.45, 2.75) is 59.4 Å². The summed E-state index contributed by atoms with van der Waals surface area (Å²) in [4.78, 5) is 28.2. The molecule has 0 spiro atoms. The second-order valence-electron chi connectivity index (χ2n) is 7.44. The summed E-state index contributed by atoms with van der Waals surface area (Å²) in [5.41, 5.74) is 2.53. The van der Waals surface area contributed by atoms with Crippen LogP contribution in [-0.4, -0.2) is 53.6 Å². The fourth-order valence-corrected chi connectivity index (χ4v) is 2.33. The van der Waals surface area contributed by atoms with Crippen molar-refractivity contribution in [3.63, 3.8) is 0 Å². The highest BCUT2D eigenvalue weighted by Gasteiger charge is 2.43. The van der Waals surface area contributed by atoms with E-state index < -0.39 is 35.1 Å². The van der Waals surface area contributed by atoms with Crippen LogP contribution in [0.25, 0.3) is 0 Å². The van der Waals surface area contributed by atoms with E-state index in [1.165, 1.54) is 0 Å². The van der Waals surface area contributed by atoms with Crippen LogP contribution in [0.4, 0.5) is 18.0 Å². The number of hydrogen-bond acceptors (Lipinski definition) is 5. The number of esters is 1. The lowest BCUT2D eigenvalue weighted by atomic mass is 9.99. The Morgan fingerprint density at radius 1 is 1.29 bits per heavy atom. The van der Waals surface area contributed by atoms with Crippen molar-refractivity contribution < 1.29 is 37.2 Å². The van der Waals surface area contributed by atoms with Gasteiger partial charge in [0.1, 0.15) is 11.6 Å². The van der Waals surface area contributed by atoms with Gasteiger partial charge in [0.05, 0.1) is 30.0 Å². The zero-order valence-electron chi connectivity index (χ0n) is 16.9. The summed E-state index contributed by atoms with van der Waals surface area (Å²) in [6, 6.07) is -0.296. The number of nitrogens with one attached hydrogen (secondary N) is 1. The molecular weight excluding hydrogens is 379 g/mol. The average Bonchev–Trinajstić information content (AvgIpc) is 2.50. The third-order valence-corrected chi connectivity index (χ3v) is 3.38. The molecule has 1 aliphatic rings. The predicted octanol–water partition coefficient (Wildman–Crippen LogP) is 1.39. The molecule has 0 saturated heterocycles. The molecule has 28 heavy (non-hydrogen) atoms. The molecule has 1 rings (SSSR count). The fraction of sp³-hybridized carbons (Fsp3) is 0.611. The van der Waals surface area contributed by atoms with Gasteiger partial charge in [-0.2, -0.15) is 13.2 Å². The topological polar surface area (TPSA) is 95.8 Å². The molecule has 0 aromatic heterocycles. The van der Waals surface area contributed by atoms with Crippen LogP contribution in [0, 0.1) is 0 Å². The van der Waals surface area contributed by atoms with Gasteiger partial charge in [-0.05, 0) is 41.5 Å². The van der Waals surface area contributed by atoms with Crippen LogP contribution >= 0.6 is 0 Å². The maximum atomic E-state index is 13.5. The summed E-state index contributed by atoms with van der Waals surface area (Å²) in [6.45, 7) is 9.37. The summed E-state index contributed by atoms with van der Waals surface area (Å²) in [6.07, 6.45) is -5.24. The molecule has 0 radical (unpaired) electrons. The molecule has 1 heterocycles. The minimum atomic E-state index is -4.84. The Bertz CT molecular complexity index is 717. The first-order valence-electron chi connectivity index (χ1n) is 8.76. The van der Waals surface area contributed by atoms with Crippen LogP contribution in [0.2, 0.25) is 0 Å². The van der Waals surface area contributed by atoms with Gasteiger partial charge in [-0.3, -0.25) is 4.90 Å². The number of halogens is 3. The van der Waals surface area contributed by atoms with E-state index in [1.54, 1.807) is 41.5 Å². The number of ether oxygens (including phenoxy) is 2. The van der Waals surface area contributed by atoms with E-state index in [1.807, 2.05) is 0 Å². The lowest BCUT2D eigenvalue weighted by Gasteiger charge is -2.30. The molecule has 0 saturated carbocycles. The van der Waals surface area contributed by atoms with E-state index in [2.05, 4.69) is 4.99 Å². The van der Waals surface area contributed by atoms with Gasteiger partial charge in [-0.25, -0.2) is 14.6 Å². The molecule has 0 atom stereocenters. The van der Waals surface area contributed by atoms with Crippen molar-refractivity contribution in [1.82, 2.24) is 4.90 Å². The maximum Gasteiger partial charge on any atom is 0.419 e. The summed E-state index contributed by atoms with van der Waals surface area (Å²) in [5.74, 6) is -0.860. The Balaban J connectivity index is 3.51. The Hall–Kier alpha value is -2.52. The number of nitrogens with zero attached hydrogens (tertiary/aromatic N) is 1. The number of carbonyl (C=O) groups excluding carboxylic acids is 2. The van der Waals surface area contributed by atoms with Crippen molar-refractivity contribution in [1.29, 1.82) is 0 Å². The van der Waals surface area contributed by atoms with E-state index in [-0.39, 0.29) is 30.5 Å². The minimum absolute atomic E-state index is 0.0209. The fourth-order valence-electron chi connectivity index (χ4n) is 2.33. The maximum absolute atomic E-state index is 13.5. The molecule has 1 aliphatic heterocycles. The molecule has 0 aliphatic carbocycles. The monoisotopic (exact) mass is 406 g/mol. The van der Waals surface area contributed by atoms with Gasteiger partial charge in [0.15, 0.2) is 0 Å². The van der Waals surface area contributed by atoms with Crippen molar-refractivity contribution in [2.75, 3.05) is 13.2 Å². The molecule has 3 N–H and O–H groups in total. The number of carbonyl (C=O) groups is 2. The van der Waals surface area contributed by atoms with E-state index in [0.717, 1.165) is 4.90 Å². The zero-order chi connectivity index (χ0) is 21.9. The molecule has 0 bridgehead atoms. The lowest BCUT2D eigenvalue weighted by Crippen LogP contribution is -2.80. The first-order valence-corrected chi connectivity index (χ1v) is 8.76. The molecule has 0 fully saturated rings. The Morgan fingerprint density at radius 3 is 2.29 bits per heavy atom. The second kappa shape index (κ2) is 8.66. The number of rotatable bonds is 4. The van der Waals surface area contributed by atoms with Gasteiger partial charge in [-0.1, -0.05) is 0 Å². The average molecular weight is 406 g/mol. The van der Waals surface area contributed by atoms with E-state index in [9.17, 15) is 22.8 Å². The highest BCUT2D eigenvalue weighted by molar-refractivity contribution is 6.41. The molecule has 0 aromatic rings. The van der Waals surface area contributed by atoms with Crippen LogP contribution in [-0.2, 0) is 14.3 Å². The summed E-state index contributed by atoms with van der Waals surface area (Å²) in [7, 11) is 0. The van der Waals surface area contributed by atoms with Crippen LogP contribution in [0.5, 0.6) is 0 Å². The highest BCUT2D eigenvalue weighted by Crippen LogP contribution is 2.34. The van der Waals surface area contributed by atoms with Gasteiger partial charge in [0, 0.05) is 6.20 Å². The van der Waals surface area contributed by atoms with Crippen LogP contribution < -0.4 is 10.7 Å². The minimum Gasteiger partial charge on any atom is -0.458 e. The molecule has 7 nitrogen and oxygen atoms in total.